The molecule has 1 aromatic carbocycles. The van der Waals surface area contributed by atoms with Crippen molar-refractivity contribution in [2.45, 2.75) is 19.0 Å². The molecule has 0 spiro atoms. The van der Waals surface area contributed by atoms with Gasteiger partial charge < -0.3 is 5.32 Å². The molecule has 14 heavy (non-hydrogen) atoms. The van der Waals surface area contributed by atoms with Crippen molar-refractivity contribution in [1.29, 1.82) is 0 Å². The molecular formula is C12H14N2. The minimum absolute atomic E-state index is 0.438. The molecule has 1 heterocycles. The Morgan fingerprint density at radius 1 is 1.29 bits per heavy atom. The Morgan fingerprint density at radius 3 is 2.86 bits per heavy atom. The molecule has 0 aromatic heterocycles. The van der Waals surface area contributed by atoms with Crippen molar-refractivity contribution in [1.82, 2.24) is 5.32 Å². The van der Waals surface area contributed by atoms with Gasteiger partial charge in [0, 0.05) is 31.4 Å². The van der Waals surface area contributed by atoms with E-state index in [1.165, 1.54) is 5.56 Å². The van der Waals surface area contributed by atoms with Crippen molar-refractivity contribution >= 4 is 6.21 Å². The summed E-state index contributed by atoms with van der Waals surface area (Å²) in [4.78, 5) is 4.04. The van der Waals surface area contributed by atoms with E-state index in [9.17, 15) is 0 Å². The van der Waals surface area contributed by atoms with E-state index in [0.717, 1.165) is 13.0 Å². The van der Waals surface area contributed by atoms with Crippen LogP contribution in [0.25, 0.3) is 0 Å². The van der Waals surface area contributed by atoms with Crippen LogP contribution >= 0.6 is 0 Å². The number of hydrogen-bond acceptors (Lipinski definition) is 2. The molecule has 0 amide bonds. The quantitative estimate of drug-likeness (QED) is 0.768. The van der Waals surface area contributed by atoms with Crippen LogP contribution in [0, 0.1) is 0 Å². The van der Waals surface area contributed by atoms with Crippen LogP contribution in [0.15, 0.2) is 47.6 Å². The normalized spacial score (nSPS) is 19.9. The molecule has 0 fully saturated rings. The second-order valence-corrected chi connectivity index (χ2v) is 3.38. The SMILES string of the molecule is C1=CC(NCc2ccccc2)CC=N1. The van der Waals surface area contributed by atoms with E-state index in [2.05, 4.69) is 40.7 Å². The van der Waals surface area contributed by atoms with Crippen molar-refractivity contribution in [2.24, 2.45) is 4.99 Å². The van der Waals surface area contributed by atoms with E-state index in [4.69, 9.17) is 0 Å². The van der Waals surface area contributed by atoms with Gasteiger partial charge in [-0.2, -0.15) is 0 Å². The van der Waals surface area contributed by atoms with Crippen LogP contribution in [-0.4, -0.2) is 12.3 Å². The predicted molar refractivity (Wildman–Crippen MR) is 59.3 cm³/mol. The Hall–Kier alpha value is -1.41. The maximum atomic E-state index is 4.04. The summed E-state index contributed by atoms with van der Waals surface area (Å²) in [5, 5.41) is 3.46. The zero-order valence-electron chi connectivity index (χ0n) is 8.06. The third kappa shape index (κ3) is 2.54. The summed E-state index contributed by atoms with van der Waals surface area (Å²) in [6.07, 6.45) is 6.89. The summed E-state index contributed by atoms with van der Waals surface area (Å²) in [6, 6.07) is 10.9. The summed E-state index contributed by atoms with van der Waals surface area (Å²) < 4.78 is 0. The van der Waals surface area contributed by atoms with E-state index in [1.807, 2.05) is 18.5 Å². The highest BCUT2D eigenvalue weighted by Gasteiger charge is 2.03. The number of benzene rings is 1. The van der Waals surface area contributed by atoms with E-state index in [1.54, 1.807) is 0 Å². The van der Waals surface area contributed by atoms with Crippen LogP contribution < -0.4 is 5.32 Å². The first-order valence-electron chi connectivity index (χ1n) is 4.91. The van der Waals surface area contributed by atoms with Crippen molar-refractivity contribution < 1.29 is 0 Å². The van der Waals surface area contributed by atoms with Gasteiger partial charge >= 0.3 is 0 Å². The lowest BCUT2D eigenvalue weighted by atomic mass is 10.1. The van der Waals surface area contributed by atoms with Gasteiger partial charge in [-0.1, -0.05) is 30.3 Å². The van der Waals surface area contributed by atoms with E-state index in [-0.39, 0.29) is 0 Å². The molecule has 2 heteroatoms. The first kappa shape index (κ1) is 9.16. The largest absolute Gasteiger partial charge is 0.306 e. The second-order valence-electron chi connectivity index (χ2n) is 3.38. The molecule has 2 rings (SSSR count). The van der Waals surface area contributed by atoms with Gasteiger partial charge in [0.15, 0.2) is 0 Å². The molecule has 1 aliphatic heterocycles. The number of hydrogen-bond donors (Lipinski definition) is 1. The average molecular weight is 186 g/mol. The lowest BCUT2D eigenvalue weighted by molar-refractivity contribution is 0.607. The predicted octanol–water partition coefficient (Wildman–Crippen LogP) is 2.13. The summed E-state index contributed by atoms with van der Waals surface area (Å²) in [5.41, 5.74) is 1.32. The molecule has 0 aliphatic carbocycles. The van der Waals surface area contributed by atoms with Gasteiger partial charge in [-0.25, -0.2) is 0 Å². The Balaban J connectivity index is 1.83. The van der Waals surface area contributed by atoms with Crippen LogP contribution in [0.2, 0.25) is 0 Å². The molecule has 1 unspecified atom stereocenters. The highest BCUT2D eigenvalue weighted by Crippen LogP contribution is 2.02. The zero-order chi connectivity index (χ0) is 9.64. The average Bonchev–Trinajstić information content (AvgIpc) is 2.29. The van der Waals surface area contributed by atoms with Gasteiger partial charge in [0.25, 0.3) is 0 Å². The maximum Gasteiger partial charge on any atom is 0.0320 e. The molecule has 1 N–H and O–H groups in total. The van der Waals surface area contributed by atoms with Gasteiger partial charge in [0.05, 0.1) is 0 Å². The third-order valence-electron chi connectivity index (χ3n) is 2.28. The van der Waals surface area contributed by atoms with E-state index >= 15 is 0 Å². The lowest BCUT2D eigenvalue weighted by Crippen LogP contribution is -2.27. The minimum Gasteiger partial charge on any atom is -0.306 e. The standard InChI is InChI=1S/C12H14N2/c1-2-4-11(5-3-1)10-14-12-6-8-13-9-7-12/h1-6,8-9,12,14H,7,10H2. The summed E-state index contributed by atoms with van der Waals surface area (Å²) in [6.45, 7) is 0.920. The first-order valence-corrected chi connectivity index (χ1v) is 4.91. The molecule has 0 saturated heterocycles. The van der Waals surface area contributed by atoms with Crippen LogP contribution in [0.3, 0.4) is 0 Å². The van der Waals surface area contributed by atoms with Crippen molar-refractivity contribution in [2.75, 3.05) is 0 Å². The number of nitrogens with one attached hydrogen (secondary N) is 1. The first-order chi connectivity index (χ1) is 6.95. The van der Waals surface area contributed by atoms with Crippen molar-refractivity contribution in [3.8, 4) is 0 Å². The fourth-order valence-electron chi connectivity index (χ4n) is 1.46. The Bertz CT molecular complexity index is 327. The van der Waals surface area contributed by atoms with Gasteiger partial charge in [-0.05, 0) is 11.6 Å². The van der Waals surface area contributed by atoms with E-state index < -0.39 is 0 Å². The number of aliphatic imine (C=N–C) groups is 1. The summed E-state index contributed by atoms with van der Waals surface area (Å²) in [7, 11) is 0. The second kappa shape index (κ2) is 4.72. The van der Waals surface area contributed by atoms with Crippen LogP contribution in [0.4, 0.5) is 0 Å². The monoisotopic (exact) mass is 186 g/mol. The molecular weight excluding hydrogens is 172 g/mol. The number of rotatable bonds is 3. The molecule has 72 valence electrons. The van der Waals surface area contributed by atoms with Gasteiger partial charge in [0.2, 0.25) is 0 Å². The third-order valence-corrected chi connectivity index (χ3v) is 2.28. The van der Waals surface area contributed by atoms with Crippen LogP contribution in [0.5, 0.6) is 0 Å². The minimum atomic E-state index is 0.438. The van der Waals surface area contributed by atoms with Crippen LogP contribution in [0.1, 0.15) is 12.0 Å². The topological polar surface area (TPSA) is 24.4 Å². The van der Waals surface area contributed by atoms with E-state index in [0.29, 0.717) is 6.04 Å². The summed E-state index contributed by atoms with van der Waals surface area (Å²) in [5.74, 6) is 0. The molecule has 2 nitrogen and oxygen atoms in total. The van der Waals surface area contributed by atoms with Gasteiger partial charge in [-0.3, -0.25) is 4.99 Å². The fourth-order valence-corrected chi connectivity index (χ4v) is 1.46. The fraction of sp³-hybridized carbons (Fsp3) is 0.250. The Labute approximate surface area is 84.4 Å². The zero-order valence-corrected chi connectivity index (χ0v) is 8.06. The van der Waals surface area contributed by atoms with Crippen molar-refractivity contribution in [3.05, 3.63) is 48.2 Å². The summed E-state index contributed by atoms with van der Waals surface area (Å²) >= 11 is 0. The van der Waals surface area contributed by atoms with Gasteiger partial charge in [-0.15, -0.1) is 0 Å². The molecule has 1 atom stereocenters. The highest BCUT2D eigenvalue weighted by atomic mass is 14.9. The van der Waals surface area contributed by atoms with Crippen molar-refractivity contribution in [3.63, 3.8) is 0 Å². The number of nitrogens with zero attached hydrogens (tertiary/aromatic N) is 1. The molecule has 1 aliphatic rings. The highest BCUT2D eigenvalue weighted by molar-refractivity contribution is 5.60. The van der Waals surface area contributed by atoms with Gasteiger partial charge in [0.1, 0.15) is 0 Å². The Morgan fingerprint density at radius 2 is 2.14 bits per heavy atom. The molecule has 0 bridgehead atoms. The Kier molecular flexibility index (Phi) is 3.09. The van der Waals surface area contributed by atoms with Crippen LogP contribution in [-0.2, 0) is 6.54 Å². The molecule has 1 aromatic rings. The maximum absolute atomic E-state index is 4.04. The lowest BCUT2D eigenvalue weighted by Gasteiger charge is -2.14. The molecule has 0 saturated carbocycles. The molecule has 0 radical (unpaired) electrons. The smallest absolute Gasteiger partial charge is 0.0320 e.